The lowest BCUT2D eigenvalue weighted by Crippen LogP contribution is -2.45. The summed E-state index contributed by atoms with van der Waals surface area (Å²) >= 11 is 0. The van der Waals surface area contributed by atoms with Gasteiger partial charge >= 0.3 is 0 Å². The number of benzene rings is 1. The standard InChI is InChI=1S/C17H26O2Si/c1-17(2,3)20(4,5)19-16-12-13-8-6-7-9-14(13)15(16)10-11-18/h6-9,11,15-16H,10,12H2,1-5H3/t15-,16-/m1/s1. The highest BCUT2D eigenvalue weighted by Gasteiger charge is 2.43. The normalized spacial score (nSPS) is 22.6. The molecule has 1 aliphatic carbocycles. The zero-order valence-electron chi connectivity index (χ0n) is 13.3. The molecule has 0 aliphatic heterocycles. The van der Waals surface area contributed by atoms with E-state index in [4.69, 9.17) is 4.43 Å². The van der Waals surface area contributed by atoms with Gasteiger partial charge in [0.15, 0.2) is 8.32 Å². The molecule has 0 heterocycles. The maximum absolute atomic E-state index is 11.0. The van der Waals surface area contributed by atoms with Crippen molar-refractivity contribution in [2.75, 3.05) is 0 Å². The smallest absolute Gasteiger partial charge is 0.192 e. The molecule has 1 aromatic carbocycles. The van der Waals surface area contributed by atoms with Crippen molar-refractivity contribution in [3.8, 4) is 0 Å². The van der Waals surface area contributed by atoms with E-state index in [0.717, 1.165) is 12.7 Å². The molecule has 0 amide bonds. The lowest BCUT2D eigenvalue weighted by atomic mass is 9.97. The minimum Gasteiger partial charge on any atom is -0.413 e. The Bertz CT molecular complexity index is 488. The molecule has 0 bridgehead atoms. The number of hydrogen-bond donors (Lipinski definition) is 0. The number of aldehydes is 1. The highest BCUT2D eigenvalue weighted by molar-refractivity contribution is 6.74. The van der Waals surface area contributed by atoms with E-state index in [0.29, 0.717) is 6.42 Å². The predicted molar refractivity (Wildman–Crippen MR) is 85.6 cm³/mol. The molecule has 1 aliphatic rings. The number of carbonyl (C=O) groups is 1. The van der Waals surface area contributed by atoms with Crippen molar-refractivity contribution in [1.82, 2.24) is 0 Å². The van der Waals surface area contributed by atoms with Crippen molar-refractivity contribution in [3.05, 3.63) is 35.4 Å². The van der Waals surface area contributed by atoms with Gasteiger partial charge < -0.3 is 9.22 Å². The molecular formula is C17H26O2Si. The molecule has 1 aromatic rings. The van der Waals surface area contributed by atoms with Crippen LogP contribution < -0.4 is 0 Å². The summed E-state index contributed by atoms with van der Waals surface area (Å²) in [6, 6.07) is 8.46. The average Bonchev–Trinajstić information content (AvgIpc) is 2.66. The van der Waals surface area contributed by atoms with Gasteiger partial charge in [-0.1, -0.05) is 45.0 Å². The number of hydrogen-bond acceptors (Lipinski definition) is 2. The first-order valence-electron chi connectivity index (χ1n) is 7.45. The summed E-state index contributed by atoms with van der Waals surface area (Å²) in [5, 5.41) is 0.202. The molecule has 0 aromatic heterocycles. The van der Waals surface area contributed by atoms with E-state index in [2.05, 4.69) is 58.1 Å². The van der Waals surface area contributed by atoms with Crippen LogP contribution in [-0.2, 0) is 15.6 Å². The van der Waals surface area contributed by atoms with E-state index in [9.17, 15) is 4.79 Å². The fourth-order valence-corrected chi connectivity index (χ4v) is 4.06. The average molecular weight is 290 g/mol. The molecule has 0 fully saturated rings. The molecule has 2 nitrogen and oxygen atoms in total. The lowest BCUT2D eigenvalue weighted by molar-refractivity contribution is -0.108. The topological polar surface area (TPSA) is 26.3 Å². The third-order valence-electron chi connectivity index (χ3n) is 4.93. The molecule has 0 N–H and O–H groups in total. The van der Waals surface area contributed by atoms with Crippen LogP contribution in [0.25, 0.3) is 0 Å². The largest absolute Gasteiger partial charge is 0.413 e. The Kier molecular flexibility index (Phi) is 4.21. The molecule has 2 rings (SSSR count). The van der Waals surface area contributed by atoms with Crippen LogP contribution in [0.15, 0.2) is 24.3 Å². The number of rotatable bonds is 4. The van der Waals surface area contributed by atoms with Crippen LogP contribution >= 0.6 is 0 Å². The van der Waals surface area contributed by atoms with Gasteiger partial charge in [0.25, 0.3) is 0 Å². The molecule has 2 atom stereocenters. The van der Waals surface area contributed by atoms with Crippen molar-refractivity contribution in [3.63, 3.8) is 0 Å². The van der Waals surface area contributed by atoms with Crippen molar-refractivity contribution in [2.24, 2.45) is 0 Å². The molecule has 20 heavy (non-hydrogen) atoms. The first kappa shape index (κ1) is 15.5. The quantitative estimate of drug-likeness (QED) is 0.610. The zero-order valence-corrected chi connectivity index (χ0v) is 14.3. The van der Waals surface area contributed by atoms with Crippen molar-refractivity contribution in [2.45, 2.75) is 63.8 Å². The van der Waals surface area contributed by atoms with Gasteiger partial charge in [0, 0.05) is 12.3 Å². The molecule has 0 unspecified atom stereocenters. The number of carbonyl (C=O) groups excluding carboxylic acids is 1. The Morgan fingerprint density at radius 2 is 1.95 bits per heavy atom. The van der Waals surface area contributed by atoms with Crippen LogP contribution in [0.4, 0.5) is 0 Å². The molecule has 0 saturated heterocycles. The molecule has 0 saturated carbocycles. The Balaban J connectivity index is 2.24. The van der Waals surface area contributed by atoms with Gasteiger partial charge in [0.1, 0.15) is 6.29 Å². The van der Waals surface area contributed by atoms with E-state index in [1.54, 1.807) is 0 Å². The van der Waals surface area contributed by atoms with Crippen molar-refractivity contribution >= 4 is 14.6 Å². The van der Waals surface area contributed by atoms with Gasteiger partial charge in [-0.3, -0.25) is 0 Å². The second-order valence-corrected chi connectivity index (χ2v) is 12.1. The van der Waals surface area contributed by atoms with Crippen LogP contribution in [0.2, 0.25) is 18.1 Å². The van der Waals surface area contributed by atoms with Gasteiger partial charge in [-0.05, 0) is 35.7 Å². The third-order valence-corrected chi connectivity index (χ3v) is 9.43. The second-order valence-electron chi connectivity index (χ2n) is 7.33. The first-order chi connectivity index (χ1) is 9.26. The van der Waals surface area contributed by atoms with Gasteiger partial charge in [-0.2, -0.15) is 0 Å². The lowest BCUT2D eigenvalue weighted by Gasteiger charge is -2.39. The SMILES string of the molecule is CC(C)(C)[Si](C)(C)O[C@@H]1Cc2ccccc2[C@H]1CC=O. The maximum Gasteiger partial charge on any atom is 0.192 e. The molecule has 3 heteroatoms. The van der Waals surface area contributed by atoms with E-state index >= 15 is 0 Å². The van der Waals surface area contributed by atoms with E-state index in [1.165, 1.54) is 11.1 Å². The molecular weight excluding hydrogens is 264 g/mol. The van der Waals surface area contributed by atoms with Gasteiger partial charge in [0.05, 0.1) is 6.10 Å². The summed E-state index contributed by atoms with van der Waals surface area (Å²) in [6.07, 6.45) is 2.71. The Morgan fingerprint density at radius 3 is 2.55 bits per heavy atom. The van der Waals surface area contributed by atoms with Crippen LogP contribution in [0.5, 0.6) is 0 Å². The van der Waals surface area contributed by atoms with E-state index in [-0.39, 0.29) is 17.1 Å². The summed E-state index contributed by atoms with van der Waals surface area (Å²) in [4.78, 5) is 11.0. The first-order valence-corrected chi connectivity index (χ1v) is 10.4. The fourth-order valence-electron chi connectivity index (χ4n) is 2.70. The predicted octanol–water partition coefficient (Wildman–Crippen LogP) is 4.31. The minimum absolute atomic E-state index is 0.165. The second kappa shape index (κ2) is 5.45. The third kappa shape index (κ3) is 2.89. The highest BCUT2D eigenvalue weighted by Crippen LogP contribution is 2.43. The summed E-state index contributed by atoms with van der Waals surface area (Å²) in [5.41, 5.74) is 2.66. The maximum atomic E-state index is 11.0. The van der Waals surface area contributed by atoms with Crippen molar-refractivity contribution in [1.29, 1.82) is 0 Å². The van der Waals surface area contributed by atoms with Crippen LogP contribution in [0, 0.1) is 0 Å². The summed E-state index contributed by atoms with van der Waals surface area (Å²) in [7, 11) is -1.80. The van der Waals surface area contributed by atoms with Gasteiger partial charge in [-0.15, -0.1) is 0 Å². The summed E-state index contributed by atoms with van der Waals surface area (Å²) in [5.74, 6) is 0.234. The zero-order chi connectivity index (χ0) is 15.0. The fraction of sp³-hybridized carbons (Fsp3) is 0.588. The van der Waals surface area contributed by atoms with Gasteiger partial charge in [0.2, 0.25) is 0 Å². The van der Waals surface area contributed by atoms with Crippen LogP contribution in [0.3, 0.4) is 0 Å². The molecule has 0 radical (unpaired) electrons. The van der Waals surface area contributed by atoms with E-state index < -0.39 is 8.32 Å². The minimum atomic E-state index is -1.80. The Morgan fingerprint density at radius 1 is 1.30 bits per heavy atom. The Hall–Kier alpha value is -0.933. The molecule has 0 spiro atoms. The van der Waals surface area contributed by atoms with Crippen LogP contribution in [0.1, 0.15) is 44.2 Å². The summed E-state index contributed by atoms with van der Waals surface area (Å²) in [6.45, 7) is 11.4. The summed E-state index contributed by atoms with van der Waals surface area (Å²) < 4.78 is 6.59. The van der Waals surface area contributed by atoms with Gasteiger partial charge in [-0.25, -0.2) is 0 Å². The Labute approximate surface area is 123 Å². The monoisotopic (exact) mass is 290 g/mol. The van der Waals surface area contributed by atoms with Crippen molar-refractivity contribution < 1.29 is 9.22 Å². The highest BCUT2D eigenvalue weighted by atomic mass is 28.4. The number of fused-ring (bicyclic) bond motifs is 1. The molecule has 110 valence electrons. The van der Waals surface area contributed by atoms with E-state index in [1.807, 2.05) is 0 Å². The van der Waals surface area contributed by atoms with Crippen LogP contribution in [-0.4, -0.2) is 20.7 Å².